The Bertz CT molecular complexity index is 1030. The quantitative estimate of drug-likeness (QED) is 0.738. The fraction of sp³-hybridized carbons (Fsp3) is 0.273. The van der Waals surface area contributed by atoms with Crippen molar-refractivity contribution in [2.75, 3.05) is 0 Å². The third-order valence-corrected chi connectivity index (χ3v) is 4.89. The molecule has 28 heavy (non-hydrogen) atoms. The van der Waals surface area contributed by atoms with Gasteiger partial charge in [0.15, 0.2) is 0 Å². The molecular weight excluding hydrogens is 352 g/mol. The van der Waals surface area contributed by atoms with E-state index >= 15 is 0 Å². The second-order valence-electron chi connectivity index (χ2n) is 6.82. The number of fused-ring (bicyclic) bond motifs is 1. The lowest BCUT2D eigenvalue weighted by atomic mass is 9.89. The number of hydrogen-bond donors (Lipinski definition) is 1. The van der Waals surface area contributed by atoms with E-state index in [9.17, 15) is 5.11 Å². The number of aliphatic hydroxyl groups is 1. The van der Waals surface area contributed by atoms with Crippen molar-refractivity contribution in [1.82, 2.24) is 15.0 Å². The van der Waals surface area contributed by atoms with Crippen LogP contribution in [0.4, 0.5) is 0 Å². The Kier molecular flexibility index (Phi) is 5.27. The van der Waals surface area contributed by atoms with Crippen LogP contribution in [0, 0.1) is 11.3 Å². The second kappa shape index (κ2) is 8.15. The van der Waals surface area contributed by atoms with Crippen LogP contribution in [0.5, 0.6) is 5.88 Å². The van der Waals surface area contributed by atoms with Crippen LogP contribution in [0.2, 0.25) is 0 Å². The van der Waals surface area contributed by atoms with E-state index in [0.29, 0.717) is 11.4 Å². The SMILES string of the molecule is N#Cc1ccc(COc2cc(-c3cncc(CO)c3)c3c(n2)CCCC3)nc1. The topological polar surface area (TPSA) is 91.9 Å². The van der Waals surface area contributed by atoms with Crippen LogP contribution in [-0.4, -0.2) is 20.1 Å². The molecule has 0 bridgehead atoms. The second-order valence-corrected chi connectivity index (χ2v) is 6.82. The maximum Gasteiger partial charge on any atom is 0.214 e. The minimum Gasteiger partial charge on any atom is -0.471 e. The smallest absolute Gasteiger partial charge is 0.214 e. The van der Waals surface area contributed by atoms with E-state index in [-0.39, 0.29) is 13.2 Å². The van der Waals surface area contributed by atoms with E-state index in [0.717, 1.165) is 53.8 Å². The first-order chi connectivity index (χ1) is 13.8. The van der Waals surface area contributed by atoms with Crippen molar-refractivity contribution in [2.24, 2.45) is 0 Å². The van der Waals surface area contributed by atoms with Gasteiger partial charge in [-0.25, -0.2) is 4.98 Å². The van der Waals surface area contributed by atoms with Gasteiger partial charge in [0.05, 0.1) is 17.9 Å². The summed E-state index contributed by atoms with van der Waals surface area (Å²) in [6, 6.07) is 9.48. The maximum atomic E-state index is 9.45. The van der Waals surface area contributed by atoms with Gasteiger partial charge in [-0.15, -0.1) is 0 Å². The molecule has 0 fully saturated rings. The molecule has 0 saturated carbocycles. The molecule has 0 atom stereocenters. The Morgan fingerprint density at radius 2 is 2.00 bits per heavy atom. The molecule has 1 aliphatic carbocycles. The van der Waals surface area contributed by atoms with E-state index in [1.807, 2.05) is 18.3 Å². The third-order valence-electron chi connectivity index (χ3n) is 4.89. The van der Waals surface area contributed by atoms with Crippen LogP contribution < -0.4 is 4.74 Å². The minimum atomic E-state index is -0.0398. The lowest BCUT2D eigenvalue weighted by molar-refractivity contribution is 0.281. The molecule has 3 aromatic rings. The molecule has 0 aliphatic heterocycles. The molecule has 4 rings (SSSR count). The van der Waals surface area contributed by atoms with E-state index in [4.69, 9.17) is 15.0 Å². The standard InChI is InChI=1S/C22H20N4O2/c23-9-15-5-6-18(25-11-15)14-28-22-8-20(17-7-16(13-27)10-24-12-17)19-3-1-2-4-21(19)26-22/h5-8,10-12,27H,1-4,13-14H2. The summed E-state index contributed by atoms with van der Waals surface area (Å²) in [6.45, 7) is 0.244. The summed E-state index contributed by atoms with van der Waals surface area (Å²) in [7, 11) is 0. The Balaban J connectivity index is 1.65. The van der Waals surface area contributed by atoms with E-state index in [2.05, 4.69) is 16.0 Å². The van der Waals surface area contributed by atoms with Crippen LogP contribution in [-0.2, 0) is 26.1 Å². The summed E-state index contributed by atoms with van der Waals surface area (Å²) in [6.07, 6.45) is 9.20. The van der Waals surface area contributed by atoms with Gasteiger partial charge in [0.2, 0.25) is 5.88 Å². The Labute approximate surface area is 163 Å². The van der Waals surface area contributed by atoms with Gasteiger partial charge in [-0.2, -0.15) is 5.26 Å². The fourth-order valence-corrected chi connectivity index (χ4v) is 3.46. The zero-order valence-electron chi connectivity index (χ0n) is 15.4. The summed E-state index contributed by atoms with van der Waals surface area (Å²) < 4.78 is 5.92. The van der Waals surface area contributed by atoms with E-state index < -0.39 is 0 Å². The van der Waals surface area contributed by atoms with Gasteiger partial charge in [-0.3, -0.25) is 9.97 Å². The first-order valence-corrected chi connectivity index (χ1v) is 9.32. The largest absolute Gasteiger partial charge is 0.471 e. The molecule has 1 N–H and O–H groups in total. The van der Waals surface area contributed by atoms with Gasteiger partial charge in [0.1, 0.15) is 12.7 Å². The van der Waals surface area contributed by atoms with Gasteiger partial charge in [0.25, 0.3) is 0 Å². The normalized spacial score (nSPS) is 12.9. The highest BCUT2D eigenvalue weighted by molar-refractivity contribution is 5.69. The molecule has 6 heteroatoms. The van der Waals surface area contributed by atoms with E-state index in [1.165, 1.54) is 11.8 Å². The highest BCUT2D eigenvalue weighted by Crippen LogP contribution is 2.33. The van der Waals surface area contributed by atoms with Crippen molar-refractivity contribution in [3.63, 3.8) is 0 Å². The predicted molar refractivity (Wildman–Crippen MR) is 103 cm³/mol. The van der Waals surface area contributed by atoms with Crippen molar-refractivity contribution >= 4 is 0 Å². The summed E-state index contributed by atoms with van der Waals surface area (Å²) in [5, 5.41) is 18.3. The predicted octanol–water partition coefficient (Wildman–Crippen LogP) is 3.36. The maximum absolute atomic E-state index is 9.45. The molecule has 3 heterocycles. The summed E-state index contributed by atoms with van der Waals surface area (Å²) in [5.41, 5.74) is 6.39. The van der Waals surface area contributed by atoms with Gasteiger partial charge < -0.3 is 9.84 Å². The molecule has 6 nitrogen and oxygen atoms in total. The average Bonchev–Trinajstić information content (AvgIpc) is 2.77. The fourth-order valence-electron chi connectivity index (χ4n) is 3.46. The number of aromatic nitrogens is 3. The molecule has 140 valence electrons. The minimum absolute atomic E-state index is 0.0398. The highest BCUT2D eigenvalue weighted by Gasteiger charge is 2.18. The summed E-state index contributed by atoms with van der Waals surface area (Å²) in [4.78, 5) is 13.2. The number of ether oxygens (including phenoxy) is 1. The lowest BCUT2D eigenvalue weighted by Gasteiger charge is -2.20. The molecule has 0 radical (unpaired) electrons. The Morgan fingerprint density at radius 1 is 1.11 bits per heavy atom. The van der Waals surface area contributed by atoms with Gasteiger partial charge in [0, 0.05) is 35.9 Å². The highest BCUT2D eigenvalue weighted by atomic mass is 16.5. The van der Waals surface area contributed by atoms with Crippen LogP contribution in [0.15, 0.2) is 42.9 Å². The number of aryl methyl sites for hydroxylation is 1. The number of hydrogen-bond acceptors (Lipinski definition) is 6. The monoisotopic (exact) mass is 372 g/mol. The molecule has 0 amide bonds. The first kappa shape index (κ1) is 18.1. The van der Waals surface area contributed by atoms with Crippen LogP contribution >= 0.6 is 0 Å². The summed E-state index contributed by atoms with van der Waals surface area (Å²) >= 11 is 0. The van der Waals surface area contributed by atoms with Crippen molar-refractivity contribution in [1.29, 1.82) is 5.26 Å². The Hall–Kier alpha value is -3.30. The summed E-state index contributed by atoms with van der Waals surface area (Å²) in [5.74, 6) is 0.552. The third kappa shape index (κ3) is 3.85. The van der Waals surface area contributed by atoms with E-state index in [1.54, 1.807) is 18.3 Å². The van der Waals surface area contributed by atoms with Gasteiger partial charge in [-0.1, -0.05) is 0 Å². The van der Waals surface area contributed by atoms with Crippen molar-refractivity contribution in [2.45, 2.75) is 38.9 Å². The molecule has 1 aliphatic rings. The Morgan fingerprint density at radius 3 is 2.79 bits per heavy atom. The number of nitrogens with zero attached hydrogens (tertiary/aromatic N) is 4. The average molecular weight is 372 g/mol. The van der Waals surface area contributed by atoms with Crippen molar-refractivity contribution in [3.05, 3.63) is 70.9 Å². The molecular formula is C22H20N4O2. The van der Waals surface area contributed by atoms with Crippen LogP contribution in [0.1, 0.15) is 40.9 Å². The van der Waals surface area contributed by atoms with Crippen LogP contribution in [0.25, 0.3) is 11.1 Å². The van der Waals surface area contributed by atoms with Gasteiger partial charge in [-0.05, 0) is 60.6 Å². The molecule has 0 spiro atoms. The van der Waals surface area contributed by atoms with Crippen molar-refractivity contribution < 1.29 is 9.84 Å². The van der Waals surface area contributed by atoms with Crippen LogP contribution in [0.3, 0.4) is 0 Å². The number of aliphatic hydroxyl groups excluding tert-OH is 1. The molecule has 0 aromatic carbocycles. The zero-order valence-corrected chi connectivity index (χ0v) is 15.4. The number of rotatable bonds is 5. The number of nitriles is 1. The molecule has 0 saturated heterocycles. The van der Waals surface area contributed by atoms with Gasteiger partial charge >= 0.3 is 0 Å². The first-order valence-electron chi connectivity index (χ1n) is 9.32. The molecule has 3 aromatic heterocycles. The lowest BCUT2D eigenvalue weighted by Crippen LogP contribution is -2.09. The molecule has 0 unspecified atom stereocenters. The zero-order chi connectivity index (χ0) is 19.3. The van der Waals surface area contributed by atoms with Crippen molar-refractivity contribution in [3.8, 4) is 23.1 Å². The number of pyridine rings is 3.